The van der Waals surface area contributed by atoms with Crippen molar-refractivity contribution >= 4 is 17.7 Å². The van der Waals surface area contributed by atoms with Gasteiger partial charge in [-0.1, -0.05) is 6.92 Å². The molecule has 0 aliphatic heterocycles. The minimum atomic E-state index is -0.816. The third-order valence-corrected chi connectivity index (χ3v) is 2.04. The van der Waals surface area contributed by atoms with Crippen molar-refractivity contribution in [3.63, 3.8) is 0 Å². The van der Waals surface area contributed by atoms with Crippen LogP contribution in [0.3, 0.4) is 0 Å². The lowest BCUT2D eigenvalue weighted by Gasteiger charge is -2.05. The van der Waals surface area contributed by atoms with E-state index in [0.717, 1.165) is 11.5 Å². The predicted molar refractivity (Wildman–Crippen MR) is 43.2 cm³/mol. The molecule has 1 atom stereocenters. The van der Waals surface area contributed by atoms with Gasteiger partial charge in [0.15, 0.2) is 0 Å². The maximum atomic E-state index is 10.1. The number of hydrogen-bond acceptors (Lipinski definition) is 3. The summed E-state index contributed by atoms with van der Waals surface area (Å²) in [7, 11) is 0. The topological polar surface area (TPSA) is 63.3 Å². The zero-order chi connectivity index (χ0) is 7.98. The molecule has 0 aromatic carbocycles. The number of nitrogens with two attached hydrogens (primary N) is 1. The molecule has 0 heterocycles. The summed E-state index contributed by atoms with van der Waals surface area (Å²) in [5.74, 6) is 0.917. The lowest BCUT2D eigenvalue weighted by atomic mass is 10.2. The van der Waals surface area contributed by atoms with E-state index in [4.69, 9.17) is 10.8 Å². The average Bonchev–Trinajstić information content (AvgIpc) is 1.82. The summed E-state index contributed by atoms with van der Waals surface area (Å²) in [4.78, 5) is 10.1. The van der Waals surface area contributed by atoms with E-state index in [-0.39, 0.29) is 12.5 Å². The van der Waals surface area contributed by atoms with E-state index in [9.17, 15) is 4.79 Å². The standard InChI is InChI=1S/C6H13NO2S/c1-2-10-4-5(7)3-6(8)9/h5H,2-4,7H2,1H3,(H,8,9). The number of carboxylic acids is 1. The fourth-order valence-electron chi connectivity index (χ4n) is 0.552. The van der Waals surface area contributed by atoms with Crippen molar-refractivity contribution in [2.45, 2.75) is 19.4 Å². The van der Waals surface area contributed by atoms with Gasteiger partial charge in [0.2, 0.25) is 0 Å². The highest BCUT2D eigenvalue weighted by atomic mass is 32.2. The quantitative estimate of drug-likeness (QED) is 0.621. The minimum absolute atomic E-state index is 0.0764. The van der Waals surface area contributed by atoms with Crippen LogP contribution in [0.25, 0.3) is 0 Å². The molecule has 0 fully saturated rings. The van der Waals surface area contributed by atoms with Crippen molar-refractivity contribution in [1.29, 1.82) is 0 Å². The van der Waals surface area contributed by atoms with E-state index >= 15 is 0 Å². The van der Waals surface area contributed by atoms with E-state index in [1.54, 1.807) is 11.8 Å². The average molecular weight is 163 g/mol. The number of carbonyl (C=O) groups is 1. The Balaban J connectivity index is 3.25. The summed E-state index contributed by atoms with van der Waals surface area (Å²) in [6.45, 7) is 2.03. The SMILES string of the molecule is CCSCC(N)CC(=O)O. The Hall–Kier alpha value is -0.220. The summed E-state index contributed by atoms with van der Waals surface area (Å²) in [6.07, 6.45) is 0.0764. The Kier molecular flexibility index (Phi) is 5.43. The second kappa shape index (κ2) is 5.56. The Labute approximate surface area is 65.0 Å². The molecule has 0 saturated heterocycles. The largest absolute Gasteiger partial charge is 0.481 e. The van der Waals surface area contributed by atoms with Crippen LogP contribution in [-0.4, -0.2) is 28.6 Å². The molecule has 3 nitrogen and oxygen atoms in total. The molecule has 4 heteroatoms. The molecule has 3 N–H and O–H groups in total. The summed E-state index contributed by atoms with van der Waals surface area (Å²) < 4.78 is 0. The number of hydrogen-bond donors (Lipinski definition) is 2. The second-order valence-electron chi connectivity index (χ2n) is 2.02. The molecular weight excluding hydrogens is 150 g/mol. The molecule has 0 aromatic heterocycles. The van der Waals surface area contributed by atoms with Crippen molar-refractivity contribution in [3.8, 4) is 0 Å². The molecule has 0 rings (SSSR count). The van der Waals surface area contributed by atoms with Gasteiger partial charge in [0, 0.05) is 11.8 Å². The number of aliphatic carboxylic acids is 1. The summed E-state index contributed by atoms with van der Waals surface area (Å²) >= 11 is 1.67. The third-order valence-electron chi connectivity index (χ3n) is 0.973. The van der Waals surface area contributed by atoms with Crippen molar-refractivity contribution in [3.05, 3.63) is 0 Å². The molecule has 0 spiro atoms. The number of carboxylic acid groups (broad SMARTS) is 1. The summed E-state index contributed by atoms with van der Waals surface area (Å²) in [5, 5.41) is 8.29. The van der Waals surface area contributed by atoms with Gasteiger partial charge in [-0.3, -0.25) is 4.79 Å². The molecule has 1 unspecified atom stereocenters. The third kappa shape index (κ3) is 5.91. The van der Waals surface area contributed by atoms with Crippen LogP contribution < -0.4 is 5.73 Å². The monoisotopic (exact) mass is 163 g/mol. The van der Waals surface area contributed by atoms with Crippen LogP contribution in [0, 0.1) is 0 Å². The highest BCUT2D eigenvalue weighted by Crippen LogP contribution is 2.02. The molecule has 10 heavy (non-hydrogen) atoms. The van der Waals surface area contributed by atoms with Crippen LogP contribution in [0.2, 0.25) is 0 Å². The minimum Gasteiger partial charge on any atom is -0.481 e. The van der Waals surface area contributed by atoms with Gasteiger partial charge in [0.1, 0.15) is 0 Å². The van der Waals surface area contributed by atoms with Crippen molar-refractivity contribution in [2.75, 3.05) is 11.5 Å². The molecule has 0 radical (unpaired) electrons. The predicted octanol–water partition coefficient (Wildman–Crippen LogP) is 0.542. The van der Waals surface area contributed by atoms with Crippen LogP contribution in [0.5, 0.6) is 0 Å². The Morgan fingerprint density at radius 1 is 1.80 bits per heavy atom. The van der Waals surface area contributed by atoms with Crippen LogP contribution in [0.15, 0.2) is 0 Å². The van der Waals surface area contributed by atoms with E-state index in [0.29, 0.717) is 0 Å². The molecule has 0 aliphatic rings. The zero-order valence-electron chi connectivity index (χ0n) is 6.04. The van der Waals surface area contributed by atoms with Crippen molar-refractivity contribution in [1.82, 2.24) is 0 Å². The van der Waals surface area contributed by atoms with Gasteiger partial charge in [0.05, 0.1) is 6.42 Å². The lowest BCUT2D eigenvalue weighted by molar-refractivity contribution is -0.137. The fourth-order valence-corrected chi connectivity index (χ4v) is 1.21. The number of rotatable bonds is 5. The Bertz CT molecular complexity index is 108. The van der Waals surface area contributed by atoms with Gasteiger partial charge in [0.25, 0.3) is 0 Å². The Morgan fingerprint density at radius 2 is 2.40 bits per heavy atom. The highest BCUT2D eigenvalue weighted by Gasteiger charge is 2.06. The smallest absolute Gasteiger partial charge is 0.304 e. The van der Waals surface area contributed by atoms with E-state index in [1.807, 2.05) is 6.92 Å². The van der Waals surface area contributed by atoms with Crippen LogP contribution in [-0.2, 0) is 4.79 Å². The van der Waals surface area contributed by atoms with Crippen LogP contribution >= 0.6 is 11.8 Å². The molecule has 0 bridgehead atoms. The highest BCUT2D eigenvalue weighted by molar-refractivity contribution is 7.99. The summed E-state index contributed by atoms with van der Waals surface area (Å²) in [6, 6.07) is -0.192. The fraction of sp³-hybridized carbons (Fsp3) is 0.833. The van der Waals surface area contributed by atoms with Gasteiger partial charge in [-0.2, -0.15) is 11.8 Å². The van der Waals surface area contributed by atoms with E-state index in [2.05, 4.69) is 0 Å². The van der Waals surface area contributed by atoms with E-state index < -0.39 is 5.97 Å². The first-order valence-corrected chi connectivity index (χ1v) is 4.37. The Morgan fingerprint density at radius 3 is 2.80 bits per heavy atom. The normalized spacial score (nSPS) is 13.0. The maximum Gasteiger partial charge on any atom is 0.304 e. The van der Waals surface area contributed by atoms with Crippen LogP contribution in [0.1, 0.15) is 13.3 Å². The maximum absolute atomic E-state index is 10.1. The molecule has 0 amide bonds. The van der Waals surface area contributed by atoms with Crippen molar-refractivity contribution in [2.24, 2.45) is 5.73 Å². The van der Waals surface area contributed by atoms with Gasteiger partial charge in [-0.15, -0.1) is 0 Å². The molecule has 0 aliphatic carbocycles. The molecule has 0 aromatic rings. The lowest BCUT2D eigenvalue weighted by Crippen LogP contribution is -2.26. The van der Waals surface area contributed by atoms with Crippen molar-refractivity contribution < 1.29 is 9.90 Å². The van der Waals surface area contributed by atoms with Gasteiger partial charge in [-0.25, -0.2) is 0 Å². The van der Waals surface area contributed by atoms with Gasteiger partial charge in [-0.05, 0) is 5.75 Å². The number of thioether (sulfide) groups is 1. The van der Waals surface area contributed by atoms with Gasteiger partial charge < -0.3 is 10.8 Å². The first-order valence-electron chi connectivity index (χ1n) is 3.22. The zero-order valence-corrected chi connectivity index (χ0v) is 6.86. The first-order chi connectivity index (χ1) is 4.66. The summed E-state index contributed by atoms with van der Waals surface area (Å²) in [5.41, 5.74) is 5.46. The van der Waals surface area contributed by atoms with E-state index in [1.165, 1.54) is 0 Å². The first kappa shape index (κ1) is 9.78. The van der Waals surface area contributed by atoms with Gasteiger partial charge >= 0.3 is 5.97 Å². The second-order valence-corrected chi connectivity index (χ2v) is 3.34. The molecule has 60 valence electrons. The molecule has 0 saturated carbocycles. The van der Waals surface area contributed by atoms with Crippen LogP contribution in [0.4, 0.5) is 0 Å². The molecular formula is C6H13NO2S.